The average molecular weight is 309 g/mol. The molecule has 0 aliphatic carbocycles. The van der Waals surface area contributed by atoms with Gasteiger partial charge < -0.3 is 0 Å². The quantitative estimate of drug-likeness (QED) is 0.785. The Morgan fingerprint density at radius 1 is 1.26 bits per heavy atom. The molecular formula is C11H11N5S3. The fourth-order valence-corrected chi connectivity index (χ4v) is 4.01. The third kappa shape index (κ3) is 4.16. The minimum atomic E-state index is 0.319. The van der Waals surface area contributed by atoms with E-state index in [1.807, 2.05) is 6.07 Å². The van der Waals surface area contributed by atoms with Crippen LogP contribution in [0.1, 0.15) is 19.5 Å². The van der Waals surface area contributed by atoms with E-state index in [1.165, 1.54) is 29.3 Å². The Hall–Kier alpha value is -1.17. The van der Waals surface area contributed by atoms with Crippen molar-refractivity contribution in [2.75, 3.05) is 5.75 Å². The van der Waals surface area contributed by atoms with Crippen molar-refractivity contribution in [2.24, 2.45) is 5.92 Å². The summed E-state index contributed by atoms with van der Waals surface area (Å²) in [7, 11) is 0. The number of rotatable bonds is 5. The van der Waals surface area contributed by atoms with Crippen molar-refractivity contribution in [1.29, 1.82) is 5.26 Å². The zero-order chi connectivity index (χ0) is 13.7. The molecule has 0 unspecified atom stereocenters. The maximum absolute atomic E-state index is 8.94. The first-order valence-electron chi connectivity index (χ1n) is 5.54. The molecule has 0 fully saturated rings. The summed E-state index contributed by atoms with van der Waals surface area (Å²) < 4.78 is 1.72. The Morgan fingerprint density at radius 3 is 2.74 bits per heavy atom. The van der Waals surface area contributed by atoms with Gasteiger partial charge in [0.1, 0.15) is 11.1 Å². The van der Waals surface area contributed by atoms with E-state index in [1.54, 1.807) is 18.0 Å². The first kappa shape index (κ1) is 14.2. The summed E-state index contributed by atoms with van der Waals surface area (Å²) in [6, 6.07) is 2.02. The van der Waals surface area contributed by atoms with Gasteiger partial charge in [-0.3, -0.25) is 0 Å². The van der Waals surface area contributed by atoms with E-state index >= 15 is 0 Å². The maximum Gasteiger partial charge on any atom is 0.181 e. The molecule has 0 saturated carbocycles. The van der Waals surface area contributed by atoms with Gasteiger partial charge in [0, 0.05) is 18.1 Å². The monoisotopic (exact) mass is 309 g/mol. The molecular weight excluding hydrogens is 298 g/mol. The van der Waals surface area contributed by atoms with Crippen LogP contribution in [0.2, 0.25) is 0 Å². The summed E-state index contributed by atoms with van der Waals surface area (Å²) in [4.78, 5) is 8.10. The van der Waals surface area contributed by atoms with Gasteiger partial charge in [-0.25, -0.2) is 9.97 Å². The van der Waals surface area contributed by atoms with E-state index in [4.69, 9.17) is 5.26 Å². The number of aromatic nitrogens is 4. The molecule has 2 rings (SSSR count). The predicted octanol–water partition coefficient (Wildman–Crippen LogP) is 3.10. The van der Waals surface area contributed by atoms with Crippen molar-refractivity contribution in [3.05, 3.63) is 18.1 Å². The highest BCUT2D eigenvalue weighted by Crippen LogP contribution is 2.33. The molecule has 2 aromatic heterocycles. The van der Waals surface area contributed by atoms with Gasteiger partial charge in [0.25, 0.3) is 0 Å². The van der Waals surface area contributed by atoms with E-state index in [2.05, 4.69) is 34.0 Å². The number of nitriles is 1. The molecule has 0 spiro atoms. The van der Waals surface area contributed by atoms with Crippen LogP contribution in [0.25, 0.3) is 0 Å². The standard InChI is InChI=1S/C11H11N5S3/c1-7(2)6-17-10-15-16-11(19-10)18-9-8(5-12)13-3-4-14-9/h3-4,7H,6H2,1-2H3. The molecule has 5 nitrogen and oxygen atoms in total. The Labute approximate surface area is 123 Å². The van der Waals surface area contributed by atoms with Crippen molar-refractivity contribution in [3.63, 3.8) is 0 Å². The van der Waals surface area contributed by atoms with Crippen molar-refractivity contribution >= 4 is 34.9 Å². The molecule has 0 aliphatic heterocycles. The minimum Gasteiger partial charge on any atom is -0.245 e. The van der Waals surface area contributed by atoms with Gasteiger partial charge in [-0.2, -0.15) is 5.26 Å². The minimum absolute atomic E-state index is 0.319. The molecule has 0 aromatic carbocycles. The second kappa shape index (κ2) is 6.84. The van der Waals surface area contributed by atoms with Crippen LogP contribution in [-0.4, -0.2) is 25.9 Å². The summed E-state index contributed by atoms with van der Waals surface area (Å²) in [5.74, 6) is 1.64. The molecule has 0 N–H and O–H groups in total. The predicted molar refractivity (Wildman–Crippen MR) is 76.3 cm³/mol. The first-order valence-corrected chi connectivity index (χ1v) is 8.16. The lowest BCUT2D eigenvalue weighted by molar-refractivity contribution is 0.749. The maximum atomic E-state index is 8.94. The van der Waals surface area contributed by atoms with Crippen LogP contribution >= 0.6 is 34.9 Å². The van der Waals surface area contributed by atoms with Crippen LogP contribution < -0.4 is 0 Å². The highest BCUT2D eigenvalue weighted by Gasteiger charge is 2.11. The number of hydrogen-bond acceptors (Lipinski definition) is 8. The number of hydrogen-bond donors (Lipinski definition) is 0. The molecule has 0 bridgehead atoms. The highest BCUT2D eigenvalue weighted by molar-refractivity contribution is 8.03. The Morgan fingerprint density at radius 2 is 2.00 bits per heavy atom. The molecule has 0 atom stereocenters. The van der Waals surface area contributed by atoms with Crippen LogP contribution in [-0.2, 0) is 0 Å². The smallest absolute Gasteiger partial charge is 0.181 e. The summed E-state index contributed by atoms with van der Waals surface area (Å²) in [5.41, 5.74) is 0.319. The van der Waals surface area contributed by atoms with Crippen LogP contribution in [0.5, 0.6) is 0 Å². The van der Waals surface area contributed by atoms with Gasteiger partial charge in [-0.15, -0.1) is 10.2 Å². The summed E-state index contributed by atoms with van der Waals surface area (Å²) in [6.07, 6.45) is 3.07. The lowest BCUT2D eigenvalue weighted by Gasteiger charge is -1.99. The fraction of sp³-hybridized carbons (Fsp3) is 0.364. The summed E-state index contributed by atoms with van der Waals surface area (Å²) >= 11 is 4.55. The van der Waals surface area contributed by atoms with Gasteiger partial charge in [-0.05, 0) is 17.7 Å². The largest absolute Gasteiger partial charge is 0.245 e. The molecule has 2 heterocycles. The third-order valence-electron chi connectivity index (χ3n) is 1.88. The SMILES string of the molecule is CC(C)CSc1nnc(Sc2nccnc2C#N)s1. The lowest BCUT2D eigenvalue weighted by Crippen LogP contribution is -1.89. The van der Waals surface area contributed by atoms with Crippen molar-refractivity contribution in [2.45, 2.75) is 27.6 Å². The van der Waals surface area contributed by atoms with E-state index in [0.29, 0.717) is 16.6 Å². The molecule has 0 aliphatic rings. The number of thioether (sulfide) groups is 1. The van der Waals surface area contributed by atoms with E-state index in [-0.39, 0.29) is 0 Å². The van der Waals surface area contributed by atoms with Gasteiger partial charge in [0.15, 0.2) is 14.4 Å². The van der Waals surface area contributed by atoms with Crippen LogP contribution in [0.15, 0.2) is 26.1 Å². The normalized spacial score (nSPS) is 10.6. The molecule has 8 heteroatoms. The Balaban J connectivity index is 2.06. The van der Waals surface area contributed by atoms with E-state index < -0.39 is 0 Å². The second-order valence-electron chi connectivity index (χ2n) is 3.96. The third-order valence-corrected chi connectivity index (χ3v) is 5.41. The van der Waals surface area contributed by atoms with E-state index in [0.717, 1.165) is 14.4 Å². The second-order valence-corrected chi connectivity index (χ2v) is 7.44. The Kier molecular flexibility index (Phi) is 5.13. The van der Waals surface area contributed by atoms with E-state index in [9.17, 15) is 0 Å². The Bertz CT molecular complexity index is 590. The fourth-order valence-electron chi connectivity index (χ4n) is 1.09. The van der Waals surface area contributed by atoms with Crippen molar-refractivity contribution in [3.8, 4) is 6.07 Å². The summed E-state index contributed by atoms with van der Waals surface area (Å²) in [5, 5.41) is 17.7. The van der Waals surface area contributed by atoms with Crippen LogP contribution in [0.3, 0.4) is 0 Å². The number of nitrogens with zero attached hydrogens (tertiary/aromatic N) is 5. The van der Waals surface area contributed by atoms with Gasteiger partial charge in [0.2, 0.25) is 0 Å². The molecule has 0 amide bonds. The van der Waals surface area contributed by atoms with Crippen LogP contribution in [0, 0.1) is 17.2 Å². The van der Waals surface area contributed by atoms with Gasteiger partial charge >= 0.3 is 0 Å². The molecule has 0 saturated heterocycles. The zero-order valence-corrected chi connectivity index (χ0v) is 12.8. The highest BCUT2D eigenvalue weighted by atomic mass is 32.2. The van der Waals surface area contributed by atoms with Crippen molar-refractivity contribution in [1.82, 2.24) is 20.2 Å². The van der Waals surface area contributed by atoms with Gasteiger partial charge in [-0.1, -0.05) is 36.9 Å². The summed E-state index contributed by atoms with van der Waals surface area (Å²) in [6.45, 7) is 4.34. The van der Waals surface area contributed by atoms with Crippen molar-refractivity contribution < 1.29 is 0 Å². The van der Waals surface area contributed by atoms with Gasteiger partial charge in [0.05, 0.1) is 0 Å². The van der Waals surface area contributed by atoms with Crippen LogP contribution in [0.4, 0.5) is 0 Å². The average Bonchev–Trinajstić information content (AvgIpc) is 2.85. The molecule has 0 radical (unpaired) electrons. The first-order chi connectivity index (χ1) is 9.19. The molecule has 98 valence electrons. The topological polar surface area (TPSA) is 75.3 Å². The zero-order valence-electron chi connectivity index (χ0n) is 10.4. The lowest BCUT2D eigenvalue weighted by atomic mass is 10.3. The molecule has 2 aromatic rings. The molecule has 19 heavy (non-hydrogen) atoms.